The predicted octanol–water partition coefficient (Wildman–Crippen LogP) is 4.01. The highest BCUT2D eigenvalue weighted by Gasteiger charge is 2.16. The van der Waals surface area contributed by atoms with E-state index in [0.717, 1.165) is 24.2 Å². The number of unbranched alkanes of at least 4 members (excludes halogenated alkanes) is 1. The molecule has 0 aliphatic heterocycles. The van der Waals surface area contributed by atoms with E-state index in [4.69, 9.17) is 0 Å². The van der Waals surface area contributed by atoms with Gasteiger partial charge in [-0.15, -0.1) is 0 Å². The Bertz CT molecular complexity index is 558. The van der Waals surface area contributed by atoms with Crippen LogP contribution in [0.1, 0.15) is 43.4 Å². The standard InChI is InChI=1S/C21H28N2O/c1-3-4-16-23(2)17-15-20(24)22-21(18-11-7-5-8-12-18)19-13-9-6-10-14-19/h5-14,21H,3-4,15-17H2,1-2H3,(H,22,24). The van der Waals surface area contributed by atoms with Gasteiger partial charge in [-0.3, -0.25) is 4.79 Å². The minimum Gasteiger partial charge on any atom is -0.345 e. The Morgan fingerprint density at radius 2 is 1.50 bits per heavy atom. The van der Waals surface area contributed by atoms with Crippen LogP contribution in [0.3, 0.4) is 0 Å². The van der Waals surface area contributed by atoms with Crippen LogP contribution in [-0.2, 0) is 4.79 Å². The number of rotatable bonds is 9. The minimum atomic E-state index is -0.0964. The molecule has 0 heterocycles. The van der Waals surface area contributed by atoms with Gasteiger partial charge in [-0.05, 0) is 31.1 Å². The first-order chi connectivity index (χ1) is 11.7. The van der Waals surface area contributed by atoms with E-state index in [0.29, 0.717) is 6.42 Å². The second-order valence-electron chi connectivity index (χ2n) is 6.23. The highest BCUT2D eigenvalue weighted by atomic mass is 16.1. The molecule has 0 aliphatic carbocycles. The number of carbonyl (C=O) groups is 1. The van der Waals surface area contributed by atoms with Crippen molar-refractivity contribution >= 4 is 5.91 Å². The van der Waals surface area contributed by atoms with Crippen molar-refractivity contribution in [3.63, 3.8) is 0 Å². The molecule has 0 bridgehead atoms. The number of hydrogen-bond donors (Lipinski definition) is 1. The Hall–Kier alpha value is -2.13. The van der Waals surface area contributed by atoms with E-state index in [-0.39, 0.29) is 11.9 Å². The van der Waals surface area contributed by atoms with Gasteiger partial charge >= 0.3 is 0 Å². The molecular weight excluding hydrogens is 296 g/mol. The summed E-state index contributed by atoms with van der Waals surface area (Å²) < 4.78 is 0. The van der Waals surface area contributed by atoms with Crippen LogP contribution >= 0.6 is 0 Å². The quantitative estimate of drug-likeness (QED) is 0.756. The van der Waals surface area contributed by atoms with Crippen LogP contribution in [0.25, 0.3) is 0 Å². The molecule has 2 rings (SSSR count). The average molecular weight is 324 g/mol. The van der Waals surface area contributed by atoms with Gasteiger partial charge < -0.3 is 10.2 Å². The lowest BCUT2D eigenvalue weighted by molar-refractivity contribution is -0.121. The number of carbonyl (C=O) groups excluding carboxylic acids is 1. The van der Waals surface area contributed by atoms with Crippen molar-refractivity contribution in [1.29, 1.82) is 0 Å². The number of hydrogen-bond acceptors (Lipinski definition) is 2. The maximum absolute atomic E-state index is 12.4. The number of nitrogens with one attached hydrogen (secondary N) is 1. The van der Waals surface area contributed by atoms with Crippen LogP contribution in [0.15, 0.2) is 60.7 Å². The normalized spacial score (nSPS) is 11.0. The molecule has 3 nitrogen and oxygen atoms in total. The molecule has 2 aromatic carbocycles. The van der Waals surface area contributed by atoms with E-state index in [1.54, 1.807) is 0 Å². The molecule has 3 heteroatoms. The van der Waals surface area contributed by atoms with Crippen LogP contribution < -0.4 is 5.32 Å². The van der Waals surface area contributed by atoms with Gasteiger partial charge in [0, 0.05) is 13.0 Å². The molecule has 0 aromatic heterocycles. The third-order valence-electron chi connectivity index (χ3n) is 4.19. The molecule has 0 spiro atoms. The summed E-state index contributed by atoms with van der Waals surface area (Å²) in [6, 6.07) is 20.2. The first-order valence-corrected chi connectivity index (χ1v) is 8.78. The zero-order valence-corrected chi connectivity index (χ0v) is 14.7. The van der Waals surface area contributed by atoms with E-state index in [9.17, 15) is 4.79 Å². The average Bonchev–Trinajstić information content (AvgIpc) is 2.64. The van der Waals surface area contributed by atoms with Crippen LogP contribution in [0.4, 0.5) is 0 Å². The summed E-state index contributed by atoms with van der Waals surface area (Å²) in [6.45, 7) is 4.03. The third-order valence-corrected chi connectivity index (χ3v) is 4.19. The summed E-state index contributed by atoms with van der Waals surface area (Å²) in [5, 5.41) is 3.20. The van der Waals surface area contributed by atoms with E-state index >= 15 is 0 Å². The van der Waals surface area contributed by atoms with Crippen LogP contribution in [0, 0.1) is 0 Å². The zero-order valence-electron chi connectivity index (χ0n) is 14.7. The van der Waals surface area contributed by atoms with Gasteiger partial charge in [0.1, 0.15) is 0 Å². The first kappa shape index (κ1) is 18.2. The smallest absolute Gasteiger partial charge is 0.222 e. The summed E-state index contributed by atoms with van der Waals surface area (Å²) >= 11 is 0. The van der Waals surface area contributed by atoms with Crippen molar-refractivity contribution in [1.82, 2.24) is 10.2 Å². The Morgan fingerprint density at radius 3 is 2.00 bits per heavy atom. The summed E-state index contributed by atoms with van der Waals surface area (Å²) in [7, 11) is 2.08. The van der Waals surface area contributed by atoms with E-state index in [2.05, 4.69) is 48.5 Å². The van der Waals surface area contributed by atoms with Gasteiger partial charge in [0.25, 0.3) is 0 Å². The SMILES string of the molecule is CCCCN(C)CCC(=O)NC(c1ccccc1)c1ccccc1. The molecule has 0 fully saturated rings. The molecule has 0 saturated carbocycles. The third kappa shape index (κ3) is 5.82. The Kier molecular flexibility index (Phi) is 7.50. The molecule has 0 atom stereocenters. The van der Waals surface area contributed by atoms with E-state index in [1.165, 1.54) is 12.8 Å². The van der Waals surface area contributed by atoms with Gasteiger partial charge in [-0.25, -0.2) is 0 Å². The number of benzene rings is 2. The molecule has 128 valence electrons. The highest BCUT2D eigenvalue weighted by molar-refractivity contribution is 5.77. The molecular formula is C21H28N2O. The van der Waals surface area contributed by atoms with E-state index < -0.39 is 0 Å². The van der Waals surface area contributed by atoms with E-state index in [1.807, 2.05) is 36.4 Å². The van der Waals surface area contributed by atoms with Gasteiger partial charge in [-0.1, -0.05) is 74.0 Å². The number of amides is 1. The molecule has 0 unspecified atom stereocenters. The molecule has 24 heavy (non-hydrogen) atoms. The van der Waals surface area contributed by atoms with Gasteiger partial charge in [-0.2, -0.15) is 0 Å². The second kappa shape index (κ2) is 9.89. The lowest BCUT2D eigenvalue weighted by Gasteiger charge is -2.21. The minimum absolute atomic E-state index is 0.0936. The van der Waals surface area contributed by atoms with Gasteiger partial charge in [0.15, 0.2) is 0 Å². The maximum atomic E-state index is 12.4. The molecule has 0 saturated heterocycles. The van der Waals surface area contributed by atoms with Crippen molar-refractivity contribution in [2.24, 2.45) is 0 Å². The van der Waals surface area contributed by atoms with Gasteiger partial charge in [0.05, 0.1) is 6.04 Å². The Morgan fingerprint density at radius 1 is 0.958 bits per heavy atom. The zero-order chi connectivity index (χ0) is 17.2. The fraction of sp³-hybridized carbons (Fsp3) is 0.381. The van der Waals surface area contributed by atoms with Crippen molar-refractivity contribution < 1.29 is 4.79 Å². The predicted molar refractivity (Wildman–Crippen MR) is 99.9 cm³/mol. The van der Waals surface area contributed by atoms with Crippen molar-refractivity contribution in [2.45, 2.75) is 32.2 Å². The van der Waals surface area contributed by atoms with Crippen molar-refractivity contribution in [3.8, 4) is 0 Å². The van der Waals surface area contributed by atoms with Crippen LogP contribution in [0.5, 0.6) is 0 Å². The fourth-order valence-corrected chi connectivity index (χ4v) is 2.72. The summed E-state index contributed by atoms with van der Waals surface area (Å²) in [5.74, 6) is 0.0936. The molecule has 0 aliphatic rings. The highest BCUT2D eigenvalue weighted by Crippen LogP contribution is 2.21. The Labute approximate surface area is 145 Å². The fourth-order valence-electron chi connectivity index (χ4n) is 2.72. The molecule has 0 radical (unpaired) electrons. The summed E-state index contributed by atoms with van der Waals surface area (Å²) in [5.41, 5.74) is 2.22. The largest absolute Gasteiger partial charge is 0.345 e. The van der Waals surface area contributed by atoms with Crippen molar-refractivity contribution in [3.05, 3.63) is 71.8 Å². The van der Waals surface area contributed by atoms with Crippen LogP contribution in [0.2, 0.25) is 0 Å². The van der Waals surface area contributed by atoms with Gasteiger partial charge in [0.2, 0.25) is 5.91 Å². The summed E-state index contributed by atoms with van der Waals surface area (Å²) in [6.07, 6.45) is 2.88. The molecule has 1 N–H and O–H groups in total. The second-order valence-corrected chi connectivity index (χ2v) is 6.23. The first-order valence-electron chi connectivity index (χ1n) is 8.78. The number of nitrogens with zero attached hydrogens (tertiary/aromatic N) is 1. The lowest BCUT2D eigenvalue weighted by atomic mass is 9.98. The Balaban J connectivity index is 2.00. The topological polar surface area (TPSA) is 32.3 Å². The monoisotopic (exact) mass is 324 g/mol. The summed E-state index contributed by atoms with van der Waals surface area (Å²) in [4.78, 5) is 14.7. The molecule has 2 aromatic rings. The lowest BCUT2D eigenvalue weighted by Crippen LogP contribution is -2.32. The van der Waals surface area contributed by atoms with Crippen molar-refractivity contribution in [2.75, 3.05) is 20.1 Å². The maximum Gasteiger partial charge on any atom is 0.222 e. The molecule has 1 amide bonds. The van der Waals surface area contributed by atoms with Crippen LogP contribution in [-0.4, -0.2) is 30.9 Å².